The molecule has 0 fully saturated rings. The quantitative estimate of drug-likeness (QED) is 0.326. The molecule has 1 unspecified atom stereocenters. The summed E-state index contributed by atoms with van der Waals surface area (Å²) >= 11 is 8.22. The molecule has 0 aliphatic heterocycles. The molecule has 5 heteroatoms. The van der Waals surface area contributed by atoms with Crippen LogP contribution < -0.4 is 0 Å². The van der Waals surface area contributed by atoms with Crippen molar-refractivity contribution in [3.8, 4) is 0 Å². The molecule has 0 spiro atoms. The number of ether oxygens (including phenoxy) is 2. The fraction of sp³-hybridized carbons (Fsp3) is 0.429. The first kappa shape index (κ1) is 11.4. The summed E-state index contributed by atoms with van der Waals surface area (Å²) in [5.74, 6) is -0.480. The van der Waals surface area contributed by atoms with Gasteiger partial charge < -0.3 is 9.47 Å². The molecule has 1 atom stereocenters. The summed E-state index contributed by atoms with van der Waals surface area (Å²) in [6, 6.07) is 0. The Hall–Kier alpha value is -0.550. The number of carbonyl (C=O) groups is 1. The molecule has 0 N–H and O–H groups in total. The van der Waals surface area contributed by atoms with Crippen LogP contribution in [0.2, 0.25) is 0 Å². The summed E-state index contributed by atoms with van der Waals surface area (Å²) < 4.78 is 9.50. The third-order valence-electron chi connectivity index (χ3n) is 0.953. The highest BCUT2D eigenvalue weighted by molar-refractivity contribution is 8.10. The average Bonchev–Trinajstić information content (AvgIpc) is 1.98. The van der Waals surface area contributed by atoms with Gasteiger partial charge in [-0.2, -0.15) is 0 Å². The number of esters is 1. The smallest absolute Gasteiger partial charge is 0.347 e. The van der Waals surface area contributed by atoms with Crippen molar-refractivity contribution in [3.63, 3.8) is 0 Å². The maximum absolute atomic E-state index is 10.9. The molecule has 0 aromatic heterocycles. The standard InChI is InChI=1S/C7H10O3S2/c1-3-4-9-6(8)5(2)10-7(11)12/h3,5H,1,4H2,2H3,(H,11,12). The molecule has 0 aromatic carbocycles. The first-order valence-corrected chi connectivity index (χ1v) is 4.10. The minimum Gasteiger partial charge on any atom is -0.464 e. The fourth-order valence-corrected chi connectivity index (χ4v) is 0.760. The highest BCUT2D eigenvalue weighted by Crippen LogP contribution is 1.98. The summed E-state index contributed by atoms with van der Waals surface area (Å²) in [5, 5.41) is 0. The number of hydrogen-bond acceptors (Lipinski definition) is 4. The van der Waals surface area contributed by atoms with E-state index in [0.29, 0.717) is 0 Å². The van der Waals surface area contributed by atoms with Crippen LogP contribution in [0.1, 0.15) is 6.92 Å². The first-order valence-electron chi connectivity index (χ1n) is 3.25. The van der Waals surface area contributed by atoms with E-state index < -0.39 is 12.1 Å². The van der Waals surface area contributed by atoms with Crippen LogP contribution in [-0.2, 0) is 14.3 Å². The Morgan fingerprint density at radius 1 is 1.83 bits per heavy atom. The minimum atomic E-state index is -0.713. The molecule has 0 aromatic rings. The van der Waals surface area contributed by atoms with E-state index in [2.05, 4.69) is 36.2 Å². The Balaban J connectivity index is 3.76. The van der Waals surface area contributed by atoms with E-state index in [9.17, 15) is 4.79 Å². The molecule has 0 saturated carbocycles. The highest BCUT2D eigenvalue weighted by atomic mass is 32.1. The molecule has 3 nitrogen and oxygen atoms in total. The normalized spacial score (nSPS) is 11.5. The van der Waals surface area contributed by atoms with Crippen molar-refractivity contribution in [2.75, 3.05) is 6.61 Å². The SMILES string of the molecule is C=CCOC(=O)C(C)OC(=S)S. The molecule has 0 heterocycles. The summed E-state index contributed by atoms with van der Waals surface area (Å²) in [5.41, 5.74) is 0. The lowest BCUT2D eigenvalue weighted by Crippen LogP contribution is -2.24. The average molecular weight is 206 g/mol. The van der Waals surface area contributed by atoms with Crippen molar-refractivity contribution in [2.45, 2.75) is 13.0 Å². The molecule has 0 bridgehead atoms. The summed E-state index contributed by atoms with van der Waals surface area (Å²) in [4.78, 5) is 10.9. The van der Waals surface area contributed by atoms with Crippen LogP contribution in [-0.4, -0.2) is 23.1 Å². The Morgan fingerprint density at radius 2 is 2.42 bits per heavy atom. The molecular weight excluding hydrogens is 196 g/mol. The largest absolute Gasteiger partial charge is 0.464 e. The zero-order valence-electron chi connectivity index (χ0n) is 6.65. The second kappa shape index (κ2) is 6.02. The van der Waals surface area contributed by atoms with Gasteiger partial charge in [0.05, 0.1) is 0 Å². The monoisotopic (exact) mass is 206 g/mol. The van der Waals surface area contributed by atoms with Crippen molar-refractivity contribution >= 4 is 35.2 Å². The van der Waals surface area contributed by atoms with Gasteiger partial charge in [0.25, 0.3) is 0 Å². The zero-order valence-corrected chi connectivity index (χ0v) is 8.36. The van der Waals surface area contributed by atoms with Gasteiger partial charge in [-0.15, -0.1) is 0 Å². The maximum atomic E-state index is 10.9. The van der Waals surface area contributed by atoms with Gasteiger partial charge in [-0.1, -0.05) is 25.3 Å². The van der Waals surface area contributed by atoms with E-state index in [1.165, 1.54) is 13.0 Å². The van der Waals surface area contributed by atoms with Crippen LogP contribution in [0, 0.1) is 0 Å². The third-order valence-corrected chi connectivity index (χ3v) is 1.15. The number of thiol groups is 1. The molecule has 68 valence electrons. The summed E-state index contributed by atoms with van der Waals surface area (Å²) in [6.45, 7) is 5.10. The predicted octanol–water partition coefficient (Wildman–Crippen LogP) is 1.34. The molecular formula is C7H10O3S2. The Labute approximate surface area is 82.1 Å². The van der Waals surface area contributed by atoms with Crippen LogP contribution >= 0.6 is 24.8 Å². The van der Waals surface area contributed by atoms with Crippen LogP contribution in [0.4, 0.5) is 0 Å². The van der Waals surface area contributed by atoms with Crippen LogP contribution in [0.3, 0.4) is 0 Å². The summed E-state index contributed by atoms with van der Waals surface area (Å²) in [7, 11) is 0. The molecule has 0 radical (unpaired) electrons. The highest BCUT2D eigenvalue weighted by Gasteiger charge is 2.15. The molecule has 0 aliphatic carbocycles. The maximum Gasteiger partial charge on any atom is 0.347 e. The number of carbonyl (C=O) groups excluding carboxylic acids is 1. The van der Waals surface area contributed by atoms with E-state index >= 15 is 0 Å². The molecule has 0 saturated heterocycles. The number of thiocarbonyl (C=S) groups is 1. The molecule has 0 aliphatic rings. The van der Waals surface area contributed by atoms with Crippen molar-refractivity contribution in [1.82, 2.24) is 0 Å². The van der Waals surface area contributed by atoms with E-state index in [-0.39, 0.29) is 11.0 Å². The van der Waals surface area contributed by atoms with Gasteiger partial charge in [-0.25, -0.2) is 4.79 Å². The topological polar surface area (TPSA) is 35.5 Å². The number of hydrogen-bond donors (Lipinski definition) is 1. The minimum absolute atomic E-state index is 0.0260. The van der Waals surface area contributed by atoms with Gasteiger partial charge in [0, 0.05) is 0 Å². The van der Waals surface area contributed by atoms with Gasteiger partial charge in [0.1, 0.15) is 6.61 Å². The van der Waals surface area contributed by atoms with Crippen LogP contribution in [0.5, 0.6) is 0 Å². The predicted molar refractivity (Wildman–Crippen MR) is 53.3 cm³/mol. The lowest BCUT2D eigenvalue weighted by atomic mass is 10.4. The van der Waals surface area contributed by atoms with E-state index in [1.54, 1.807) is 0 Å². The summed E-state index contributed by atoms with van der Waals surface area (Å²) in [6.07, 6.45) is 0.763. The fourth-order valence-electron chi connectivity index (χ4n) is 0.458. The van der Waals surface area contributed by atoms with Crippen molar-refractivity contribution in [3.05, 3.63) is 12.7 Å². The lowest BCUT2D eigenvalue weighted by Gasteiger charge is -2.10. The van der Waals surface area contributed by atoms with Gasteiger partial charge in [0.15, 0.2) is 6.10 Å². The van der Waals surface area contributed by atoms with E-state index in [1.807, 2.05) is 0 Å². The van der Waals surface area contributed by atoms with Gasteiger partial charge in [-0.3, -0.25) is 0 Å². The molecule has 0 rings (SSSR count). The Bertz CT molecular complexity index is 191. The first-order chi connectivity index (χ1) is 5.57. The van der Waals surface area contributed by atoms with Crippen molar-refractivity contribution in [1.29, 1.82) is 0 Å². The molecule has 0 amide bonds. The molecule has 12 heavy (non-hydrogen) atoms. The number of rotatable bonds is 4. The Kier molecular flexibility index (Phi) is 5.74. The van der Waals surface area contributed by atoms with Crippen LogP contribution in [0.25, 0.3) is 0 Å². The second-order valence-corrected chi connectivity index (χ2v) is 3.02. The van der Waals surface area contributed by atoms with Gasteiger partial charge >= 0.3 is 5.97 Å². The van der Waals surface area contributed by atoms with Crippen molar-refractivity contribution < 1.29 is 14.3 Å². The van der Waals surface area contributed by atoms with E-state index in [0.717, 1.165) is 0 Å². The van der Waals surface area contributed by atoms with Crippen LogP contribution in [0.15, 0.2) is 12.7 Å². The zero-order chi connectivity index (χ0) is 9.56. The van der Waals surface area contributed by atoms with Crippen molar-refractivity contribution in [2.24, 2.45) is 0 Å². The second-order valence-electron chi connectivity index (χ2n) is 1.94. The van der Waals surface area contributed by atoms with Gasteiger partial charge in [0.2, 0.25) is 4.38 Å². The van der Waals surface area contributed by atoms with Gasteiger partial charge in [-0.05, 0) is 19.1 Å². The lowest BCUT2D eigenvalue weighted by molar-refractivity contribution is -0.150. The third kappa shape index (κ3) is 5.15. The van der Waals surface area contributed by atoms with E-state index in [4.69, 9.17) is 4.74 Å². The Morgan fingerprint density at radius 3 is 2.83 bits per heavy atom.